The maximum absolute atomic E-state index is 13.6. The first-order chi connectivity index (χ1) is 11.4. The molecule has 2 amide bonds. The summed E-state index contributed by atoms with van der Waals surface area (Å²) < 4.78 is 13.6. The minimum Gasteiger partial charge on any atom is -0.385 e. The Bertz CT molecular complexity index is 823. The maximum atomic E-state index is 13.6. The molecule has 0 spiro atoms. The lowest BCUT2D eigenvalue weighted by molar-refractivity contribution is -0.135. The van der Waals surface area contributed by atoms with Crippen molar-refractivity contribution in [3.8, 4) is 0 Å². The molecule has 2 atom stereocenters. The van der Waals surface area contributed by atoms with E-state index < -0.39 is 29.3 Å². The molecular weight excluding hydrogens is 311 g/mol. The van der Waals surface area contributed by atoms with Crippen LogP contribution in [0.4, 0.5) is 10.1 Å². The Morgan fingerprint density at radius 2 is 1.96 bits per heavy atom. The highest BCUT2D eigenvalue weighted by atomic mass is 19.1. The Balaban J connectivity index is 2.23. The number of anilines is 1. The van der Waals surface area contributed by atoms with Gasteiger partial charge in [-0.3, -0.25) is 9.59 Å². The number of rotatable bonds is 3. The van der Waals surface area contributed by atoms with Crippen LogP contribution in [0.15, 0.2) is 48.5 Å². The molecule has 0 saturated carbocycles. The second kappa shape index (κ2) is 5.72. The van der Waals surface area contributed by atoms with Crippen LogP contribution in [-0.2, 0) is 15.1 Å². The molecule has 2 aromatic rings. The predicted molar refractivity (Wildman–Crippen MR) is 86.7 cm³/mol. The number of carbonyl (C=O) groups excluding carboxylic acids is 2. The molecule has 0 aliphatic carbocycles. The molecule has 0 aromatic heterocycles. The van der Waals surface area contributed by atoms with Crippen LogP contribution < -0.4 is 10.2 Å². The number of aliphatic hydroxyl groups is 1. The second-order valence-corrected chi connectivity index (χ2v) is 5.83. The van der Waals surface area contributed by atoms with Crippen LogP contribution in [0.2, 0.25) is 0 Å². The summed E-state index contributed by atoms with van der Waals surface area (Å²) in [7, 11) is 1.57. The zero-order valence-electron chi connectivity index (χ0n) is 13.3. The first kappa shape index (κ1) is 16.1. The van der Waals surface area contributed by atoms with Crippen molar-refractivity contribution in [2.75, 3.05) is 11.9 Å². The number of carbonyl (C=O) groups is 2. The lowest BCUT2D eigenvalue weighted by Gasteiger charge is -2.34. The second-order valence-electron chi connectivity index (χ2n) is 5.83. The van der Waals surface area contributed by atoms with Gasteiger partial charge in [0.2, 0.25) is 5.91 Å². The fourth-order valence-corrected chi connectivity index (χ4v) is 3.25. The van der Waals surface area contributed by atoms with Crippen LogP contribution in [0, 0.1) is 5.82 Å². The van der Waals surface area contributed by atoms with Gasteiger partial charge in [0.05, 0.1) is 0 Å². The van der Waals surface area contributed by atoms with Gasteiger partial charge in [-0.15, -0.1) is 0 Å². The van der Waals surface area contributed by atoms with Gasteiger partial charge in [0, 0.05) is 25.2 Å². The lowest BCUT2D eigenvalue weighted by atomic mass is 9.82. The lowest BCUT2D eigenvalue weighted by Crippen LogP contribution is -2.55. The van der Waals surface area contributed by atoms with Crippen LogP contribution in [0.5, 0.6) is 0 Å². The van der Waals surface area contributed by atoms with Crippen molar-refractivity contribution in [3.63, 3.8) is 0 Å². The summed E-state index contributed by atoms with van der Waals surface area (Å²) in [5.41, 5.74) is -0.413. The standard InChI is InChI=1S/C18H17FN2O3/c1-11(22)20-18(16(23)12-6-5-7-13(19)10-12)14-8-3-4-9-15(14)21(2)17(18)24/h3-10,16,23H,1-2H3,(H,20,22)/t16-,18+/m0/s1. The van der Waals surface area contributed by atoms with Gasteiger partial charge in [0.15, 0.2) is 5.54 Å². The van der Waals surface area contributed by atoms with E-state index in [0.717, 1.165) is 6.07 Å². The SMILES string of the molecule is CC(=O)N[C@]1([C@@H](O)c2cccc(F)c2)C(=O)N(C)c2ccccc21. The number of benzene rings is 2. The summed E-state index contributed by atoms with van der Waals surface area (Å²) in [6.07, 6.45) is -1.43. The van der Waals surface area contributed by atoms with Crippen LogP contribution in [0.3, 0.4) is 0 Å². The molecule has 6 heteroatoms. The minimum atomic E-state index is -1.69. The fraction of sp³-hybridized carbons (Fsp3) is 0.222. The molecule has 0 bridgehead atoms. The quantitative estimate of drug-likeness (QED) is 0.904. The largest absolute Gasteiger partial charge is 0.385 e. The van der Waals surface area contributed by atoms with Gasteiger partial charge in [-0.05, 0) is 23.8 Å². The van der Waals surface area contributed by atoms with Crippen LogP contribution in [0.25, 0.3) is 0 Å². The van der Waals surface area contributed by atoms with Gasteiger partial charge in [0.1, 0.15) is 11.9 Å². The number of aliphatic hydroxyl groups excluding tert-OH is 1. The average Bonchev–Trinajstić information content (AvgIpc) is 2.77. The molecule has 24 heavy (non-hydrogen) atoms. The van der Waals surface area contributed by atoms with Gasteiger partial charge in [-0.2, -0.15) is 0 Å². The summed E-state index contributed by atoms with van der Waals surface area (Å²) in [5.74, 6) is -1.48. The predicted octanol–water partition coefficient (Wildman–Crippen LogP) is 1.87. The normalized spacial score (nSPS) is 20.7. The Morgan fingerprint density at radius 1 is 1.25 bits per heavy atom. The highest BCUT2D eigenvalue weighted by molar-refractivity contribution is 6.09. The third-order valence-electron chi connectivity index (χ3n) is 4.28. The molecule has 0 radical (unpaired) electrons. The Labute approximate surface area is 138 Å². The third-order valence-corrected chi connectivity index (χ3v) is 4.28. The molecule has 3 rings (SSSR count). The summed E-state index contributed by atoms with van der Waals surface area (Å²) in [4.78, 5) is 26.2. The number of hydrogen-bond acceptors (Lipinski definition) is 3. The molecule has 1 aliphatic rings. The molecule has 0 unspecified atom stereocenters. The number of hydrogen-bond donors (Lipinski definition) is 2. The van der Waals surface area contributed by atoms with Gasteiger partial charge >= 0.3 is 0 Å². The van der Waals surface area contributed by atoms with Crippen molar-refractivity contribution in [1.82, 2.24) is 5.32 Å². The number of para-hydroxylation sites is 1. The van der Waals surface area contributed by atoms with Gasteiger partial charge in [0.25, 0.3) is 5.91 Å². The van der Waals surface area contributed by atoms with E-state index in [-0.39, 0.29) is 5.56 Å². The monoisotopic (exact) mass is 328 g/mol. The van der Waals surface area contributed by atoms with Gasteiger partial charge < -0.3 is 15.3 Å². The number of likely N-dealkylation sites (N-methyl/N-ethyl adjacent to an activating group) is 1. The molecule has 124 valence electrons. The molecule has 2 aromatic carbocycles. The number of amides is 2. The van der Waals surface area contributed by atoms with Gasteiger partial charge in [-0.1, -0.05) is 30.3 Å². The van der Waals surface area contributed by atoms with Crippen molar-refractivity contribution in [3.05, 3.63) is 65.5 Å². The van der Waals surface area contributed by atoms with E-state index in [2.05, 4.69) is 5.32 Å². The van der Waals surface area contributed by atoms with Crippen LogP contribution >= 0.6 is 0 Å². The molecular formula is C18H17FN2O3. The van der Waals surface area contributed by atoms with Crippen molar-refractivity contribution < 1.29 is 19.1 Å². The summed E-state index contributed by atoms with van der Waals surface area (Å²) in [6.45, 7) is 1.27. The molecule has 0 fully saturated rings. The molecule has 0 saturated heterocycles. The van der Waals surface area contributed by atoms with Crippen LogP contribution in [0.1, 0.15) is 24.2 Å². The van der Waals surface area contributed by atoms with E-state index in [1.165, 1.54) is 30.0 Å². The summed E-state index contributed by atoms with van der Waals surface area (Å²) in [6, 6.07) is 12.3. The highest BCUT2D eigenvalue weighted by Gasteiger charge is 2.55. The number of nitrogens with one attached hydrogen (secondary N) is 1. The Morgan fingerprint density at radius 3 is 2.62 bits per heavy atom. The number of nitrogens with zero attached hydrogens (tertiary/aromatic N) is 1. The van der Waals surface area contributed by atoms with E-state index in [4.69, 9.17) is 0 Å². The van der Waals surface area contributed by atoms with Crippen molar-refractivity contribution in [1.29, 1.82) is 0 Å². The number of halogens is 1. The zero-order valence-corrected chi connectivity index (χ0v) is 13.3. The summed E-state index contributed by atoms with van der Waals surface area (Å²) >= 11 is 0. The van der Waals surface area contributed by atoms with E-state index in [1.807, 2.05) is 0 Å². The van der Waals surface area contributed by atoms with Crippen molar-refractivity contribution >= 4 is 17.5 Å². The third kappa shape index (κ3) is 2.27. The zero-order chi connectivity index (χ0) is 17.5. The molecule has 1 heterocycles. The van der Waals surface area contributed by atoms with E-state index >= 15 is 0 Å². The smallest absolute Gasteiger partial charge is 0.260 e. The van der Waals surface area contributed by atoms with E-state index in [9.17, 15) is 19.1 Å². The van der Waals surface area contributed by atoms with E-state index in [0.29, 0.717) is 11.3 Å². The first-order valence-corrected chi connectivity index (χ1v) is 7.48. The fourth-order valence-electron chi connectivity index (χ4n) is 3.25. The number of fused-ring (bicyclic) bond motifs is 1. The summed E-state index contributed by atoms with van der Waals surface area (Å²) in [5, 5.41) is 13.6. The Kier molecular flexibility index (Phi) is 3.85. The van der Waals surface area contributed by atoms with Crippen LogP contribution in [-0.4, -0.2) is 24.0 Å². The first-order valence-electron chi connectivity index (χ1n) is 7.48. The van der Waals surface area contributed by atoms with E-state index in [1.54, 1.807) is 31.3 Å². The molecule has 1 aliphatic heterocycles. The Hall–Kier alpha value is -2.73. The minimum absolute atomic E-state index is 0.210. The van der Waals surface area contributed by atoms with Crippen molar-refractivity contribution in [2.24, 2.45) is 0 Å². The van der Waals surface area contributed by atoms with Gasteiger partial charge in [-0.25, -0.2) is 4.39 Å². The maximum Gasteiger partial charge on any atom is 0.260 e. The molecule has 2 N–H and O–H groups in total. The molecule has 5 nitrogen and oxygen atoms in total. The average molecular weight is 328 g/mol. The van der Waals surface area contributed by atoms with Crippen molar-refractivity contribution in [2.45, 2.75) is 18.6 Å². The topological polar surface area (TPSA) is 69.6 Å². The highest BCUT2D eigenvalue weighted by Crippen LogP contribution is 2.46.